The molecule has 4 rings (SSSR count). The number of benzene rings is 1. The van der Waals surface area contributed by atoms with Crippen molar-refractivity contribution in [1.29, 1.82) is 0 Å². The zero-order chi connectivity index (χ0) is 15.8. The van der Waals surface area contributed by atoms with E-state index in [-0.39, 0.29) is 0 Å². The molecular formula is C19H19ClN2O. The highest BCUT2D eigenvalue weighted by molar-refractivity contribution is 6.31. The summed E-state index contributed by atoms with van der Waals surface area (Å²) in [4.78, 5) is 4.02. The summed E-state index contributed by atoms with van der Waals surface area (Å²) in [5.74, 6) is 0. The minimum absolute atomic E-state index is 0.532. The number of nitrogens with zero attached hydrogens (tertiary/aromatic N) is 2. The Kier molecular flexibility index (Phi) is 3.83. The lowest BCUT2D eigenvalue weighted by atomic mass is 9.95. The lowest BCUT2D eigenvalue weighted by Crippen LogP contribution is -2.13. The predicted octanol–water partition coefficient (Wildman–Crippen LogP) is 4.30. The molecule has 118 valence electrons. The van der Waals surface area contributed by atoms with Gasteiger partial charge < -0.3 is 9.67 Å². The molecule has 0 amide bonds. The molecule has 23 heavy (non-hydrogen) atoms. The van der Waals surface area contributed by atoms with Crippen molar-refractivity contribution in [2.24, 2.45) is 0 Å². The Morgan fingerprint density at radius 3 is 2.74 bits per heavy atom. The normalized spacial score (nSPS) is 15.6. The molecule has 0 spiro atoms. The molecule has 0 radical (unpaired) electrons. The Bertz CT molecular complexity index is 841. The second-order valence-corrected chi connectivity index (χ2v) is 6.64. The maximum Gasteiger partial charge on any atom is 0.0970 e. The van der Waals surface area contributed by atoms with E-state index in [0.29, 0.717) is 6.54 Å². The zero-order valence-corrected chi connectivity index (χ0v) is 13.6. The third-order valence-corrected chi connectivity index (χ3v) is 5.02. The van der Waals surface area contributed by atoms with Gasteiger partial charge >= 0.3 is 0 Å². The molecule has 1 N–H and O–H groups in total. The maximum absolute atomic E-state index is 10.6. The Hall–Kier alpha value is -1.84. The third kappa shape index (κ3) is 2.64. The summed E-state index contributed by atoms with van der Waals surface area (Å²) in [6.45, 7) is 0.567. The maximum atomic E-state index is 10.6. The Morgan fingerprint density at radius 2 is 1.91 bits per heavy atom. The molecule has 1 aromatic carbocycles. The van der Waals surface area contributed by atoms with Gasteiger partial charge in [0.2, 0.25) is 0 Å². The van der Waals surface area contributed by atoms with E-state index in [0.717, 1.165) is 23.4 Å². The van der Waals surface area contributed by atoms with Crippen LogP contribution >= 0.6 is 11.6 Å². The van der Waals surface area contributed by atoms with Crippen molar-refractivity contribution in [3.05, 3.63) is 64.6 Å². The van der Waals surface area contributed by atoms with Crippen molar-refractivity contribution in [1.82, 2.24) is 9.55 Å². The van der Waals surface area contributed by atoms with Gasteiger partial charge in [-0.2, -0.15) is 0 Å². The summed E-state index contributed by atoms with van der Waals surface area (Å²) in [7, 11) is 0. The van der Waals surface area contributed by atoms with Crippen LogP contribution < -0.4 is 0 Å². The van der Waals surface area contributed by atoms with Gasteiger partial charge in [-0.05, 0) is 67.1 Å². The van der Waals surface area contributed by atoms with Crippen LogP contribution in [-0.4, -0.2) is 14.7 Å². The second-order valence-electron chi connectivity index (χ2n) is 6.20. The first-order chi connectivity index (χ1) is 11.2. The lowest BCUT2D eigenvalue weighted by molar-refractivity contribution is 0.156. The van der Waals surface area contributed by atoms with E-state index in [9.17, 15) is 5.11 Å². The van der Waals surface area contributed by atoms with E-state index in [2.05, 4.69) is 21.7 Å². The Balaban J connectivity index is 1.80. The fourth-order valence-electron chi connectivity index (χ4n) is 3.68. The average molecular weight is 327 g/mol. The number of hydrogen-bond acceptors (Lipinski definition) is 2. The molecule has 3 aromatic rings. The van der Waals surface area contributed by atoms with Gasteiger partial charge in [-0.25, -0.2) is 0 Å². The van der Waals surface area contributed by atoms with Gasteiger partial charge in [-0.1, -0.05) is 11.6 Å². The number of hydrogen-bond donors (Lipinski definition) is 1. The number of fused-ring (bicyclic) bond motifs is 3. The van der Waals surface area contributed by atoms with Gasteiger partial charge in [-0.15, -0.1) is 0 Å². The first kappa shape index (κ1) is 14.7. The molecule has 0 fully saturated rings. The van der Waals surface area contributed by atoms with Crippen LogP contribution in [0.4, 0.5) is 0 Å². The summed E-state index contributed by atoms with van der Waals surface area (Å²) in [6, 6.07) is 9.83. The molecular weight excluding hydrogens is 308 g/mol. The smallest absolute Gasteiger partial charge is 0.0970 e. The van der Waals surface area contributed by atoms with E-state index in [1.165, 1.54) is 35.0 Å². The number of aliphatic hydroxyl groups is 1. The van der Waals surface area contributed by atoms with Crippen LogP contribution in [0, 0.1) is 0 Å². The van der Waals surface area contributed by atoms with Crippen molar-refractivity contribution in [2.75, 3.05) is 0 Å². The van der Waals surface area contributed by atoms with Crippen molar-refractivity contribution < 1.29 is 5.11 Å². The van der Waals surface area contributed by atoms with Crippen molar-refractivity contribution >= 4 is 22.5 Å². The molecule has 2 heterocycles. The summed E-state index contributed by atoms with van der Waals surface area (Å²) in [6.07, 6.45) is 7.53. The van der Waals surface area contributed by atoms with Crippen LogP contribution in [0.5, 0.6) is 0 Å². The third-order valence-electron chi connectivity index (χ3n) is 4.79. The number of halogens is 1. The van der Waals surface area contributed by atoms with E-state index in [4.69, 9.17) is 11.6 Å². The van der Waals surface area contributed by atoms with Gasteiger partial charge in [0.05, 0.1) is 12.6 Å². The van der Waals surface area contributed by atoms with Crippen LogP contribution in [0.15, 0.2) is 42.7 Å². The van der Waals surface area contributed by atoms with Crippen molar-refractivity contribution in [2.45, 2.75) is 38.3 Å². The highest BCUT2D eigenvalue weighted by atomic mass is 35.5. The van der Waals surface area contributed by atoms with Crippen LogP contribution in [0.25, 0.3) is 10.9 Å². The van der Waals surface area contributed by atoms with E-state index >= 15 is 0 Å². The number of aryl methyl sites for hydroxylation is 1. The second kappa shape index (κ2) is 5.99. The van der Waals surface area contributed by atoms with Gasteiger partial charge in [0, 0.05) is 34.0 Å². The van der Waals surface area contributed by atoms with E-state index in [1.54, 1.807) is 12.4 Å². The fraction of sp³-hybridized carbons (Fsp3) is 0.316. The average Bonchev–Trinajstić information content (AvgIpc) is 2.89. The van der Waals surface area contributed by atoms with Gasteiger partial charge in [0.1, 0.15) is 0 Å². The lowest BCUT2D eigenvalue weighted by Gasteiger charge is -2.19. The molecule has 0 bridgehead atoms. The predicted molar refractivity (Wildman–Crippen MR) is 92.8 cm³/mol. The quantitative estimate of drug-likeness (QED) is 0.779. The molecule has 0 saturated carbocycles. The first-order valence-corrected chi connectivity index (χ1v) is 8.49. The molecule has 4 heteroatoms. The topological polar surface area (TPSA) is 38.0 Å². The highest BCUT2D eigenvalue weighted by Gasteiger charge is 2.21. The summed E-state index contributed by atoms with van der Waals surface area (Å²) < 4.78 is 2.28. The summed E-state index contributed by atoms with van der Waals surface area (Å²) in [5.41, 5.74) is 4.85. The summed E-state index contributed by atoms with van der Waals surface area (Å²) in [5, 5.41) is 12.7. The van der Waals surface area contributed by atoms with Crippen LogP contribution in [0.3, 0.4) is 0 Å². The molecule has 1 atom stereocenters. The summed E-state index contributed by atoms with van der Waals surface area (Å²) >= 11 is 6.21. The van der Waals surface area contributed by atoms with E-state index in [1.807, 2.05) is 18.2 Å². The molecule has 2 aromatic heterocycles. The molecule has 1 unspecified atom stereocenters. The Labute approximate surface area is 140 Å². The minimum atomic E-state index is -0.532. The zero-order valence-electron chi connectivity index (χ0n) is 12.9. The molecule has 0 aliphatic heterocycles. The number of aliphatic hydroxyl groups excluding tert-OH is 1. The number of aromatic nitrogens is 2. The number of pyridine rings is 1. The molecule has 1 aliphatic carbocycles. The van der Waals surface area contributed by atoms with E-state index < -0.39 is 6.10 Å². The number of rotatable bonds is 3. The minimum Gasteiger partial charge on any atom is -0.387 e. The molecule has 0 saturated heterocycles. The fourth-order valence-corrected chi connectivity index (χ4v) is 3.85. The van der Waals surface area contributed by atoms with Crippen molar-refractivity contribution in [3.8, 4) is 0 Å². The molecule has 3 nitrogen and oxygen atoms in total. The standard InChI is InChI=1S/C19H19ClN2O/c20-14-5-6-18-16(11-14)15-3-1-2-4-17(15)22(18)12-19(23)13-7-9-21-10-8-13/h5-11,19,23H,1-4,12H2. The monoisotopic (exact) mass is 326 g/mol. The van der Waals surface area contributed by atoms with Gasteiger partial charge in [-0.3, -0.25) is 4.98 Å². The van der Waals surface area contributed by atoms with Gasteiger partial charge in [0.25, 0.3) is 0 Å². The van der Waals surface area contributed by atoms with Crippen LogP contribution in [-0.2, 0) is 19.4 Å². The SMILES string of the molecule is OC(Cn1c2c(c3cc(Cl)ccc31)CCCC2)c1ccncc1. The van der Waals surface area contributed by atoms with Crippen molar-refractivity contribution in [3.63, 3.8) is 0 Å². The Morgan fingerprint density at radius 1 is 1.13 bits per heavy atom. The van der Waals surface area contributed by atoms with Crippen LogP contribution in [0.1, 0.15) is 35.8 Å². The largest absolute Gasteiger partial charge is 0.387 e. The molecule has 1 aliphatic rings. The van der Waals surface area contributed by atoms with Crippen LogP contribution in [0.2, 0.25) is 5.02 Å². The van der Waals surface area contributed by atoms with Gasteiger partial charge in [0.15, 0.2) is 0 Å². The highest BCUT2D eigenvalue weighted by Crippen LogP contribution is 2.34. The first-order valence-electron chi connectivity index (χ1n) is 8.11.